The van der Waals surface area contributed by atoms with Crippen LogP contribution in [0.2, 0.25) is 0 Å². The molecule has 0 aliphatic rings. The first-order valence-electron chi connectivity index (χ1n) is 5.63. The highest BCUT2D eigenvalue weighted by molar-refractivity contribution is 7.09. The summed E-state index contributed by atoms with van der Waals surface area (Å²) >= 11 is 1.48. The molecule has 0 radical (unpaired) electrons. The molecule has 1 aromatic rings. The fraction of sp³-hybridized carbons (Fsp3) is 0.636. The van der Waals surface area contributed by atoms with Crippen molar-refractivity contribution >= 4 is 42.1 Å². The highest BCUT2D eigenvalue weighted by Gasteiger charge is 2.12. The van der Waals surface area contributed by atoms with Gasteiger partial charge in [0.05, 0.1) is 5.01 Å². The molecule has 0 spiro atoms. The molecule has 0 bridgehead atoms. The molecule has 19 heavy (non-hydrogen) atoms. The number of nitrogens with zero attached hydrogens (tertiary/aromatic N) is 2. The van der Waals surface area contributed by atoms with Crippen molar-refractivity contribution in [2.24, 2.45) is 5.73 Å². The molecular weight excluding hydrogens is 307 g/mol. The van der Waals surface area contributed by atoms with Crippen molar-refractivity contribution in [3.05, 3.63) is 16.1 Å². The van der Waals surface area contributed by atoms with Crippen molar-refractivity contribution in [1.29, 1.82) is 0 Å². The second-order valence-corrected chi connectivity index (χ2v) is 5.13. The van der Waals surface area contributed by atoms with Crippen LogP contribution < -0.4 is 11.1 Å². The summed E-state index contributed by atoms with van der Waals surface area (Å²) in [4.78, 5) is 18.1. The van der Waals surface area contributed by atoms with Crippen LogP contribution in [-0.4, -0.2) is 49.0 Å². The Morgan fingerprint density at radius 3 is 2.68 bits per heavy atom. The lowest BCUT2D eigenvalue weighted by atomic mass is 10.3. The molecule has 1 rings (SSSR count). The maximum Gasteiger partial charge on any atom is 0.270 e. The van der Waals surface area contributed by atoms with E-state index in [1.165, 1.54) is 11.3 Å². The Kier molecular flexibility index (Phi) is 11.4. The van der Waals surface area contributed by atoms with Gasteiger partial charge in [-0.25, -0.2) is 4.98 Å². The lowest BCUT2D eigenvalue weighted by Crippen LogP contribution is -2.38. The summed E-state index contributed by atoms with van der Waals surface area (Å²) in [5, 5.41) is 5.56. The number of aromatic nitrogens is 1. The summed E-state index contributed by atoms with van der Waals surface area (Å²) in [6, 6.07) is 0.307. The van der Waals surface area contributed by atoms with E-state index in [2.05, 4.69) is 22.1 Å². The minimum absolute atomic E-state index is 0. The Bertz CT molecular complexity index is 373. The van der Waals surface area contributed by atoms with E-state index < -0.39 is 0 Å². The molecule has 1 unspecified atom stereocenters. The van der Waals surface area contributed by atoms with Crippen LogP contribution in [-0.2, 0) is 6.42 Å². The summed E-state index contributed by atoms with van der Waals surface area (Å²) in [7, 11) is 3.97. The van der Waals surface area contributed by atoms with E-state index >= 15 is 0 Å². The smallest absolute Gasteiger partial charge is 0.270 e. The number of thiazole rings is 1. The van der Waals surface area contributed by atoms with Crippen molar-refractivity contribution in [2.75, 3.05) is 27.2 Å². The van der Waals surface area contributed by atoms with Crippen LogP contribution >= 0.6 is 36.2 Å². The average Bonchev–Trinajstić information content (AvgIpc) is 2.74. The van der Waals surface area contributed by atoms with Crippen LogP contribution in [0.25, 0.3) is 0 Å². The van der Waals surface area contributed by atoms with Gasteiger partial charge in [-0.1, -0.05) is 0 Å². The number of halogens is 2. The topological polar surface area (TPSA) is 71.2 Å². The van der Waals surface area contributed by atoms with Gasteiger partial charge in [-0.15, -0.1) is 36.2 Å². The fourth-order valence-corrected chi connectivity index (χ4v) is 1.96. The fourth-order valence-electron chi connectivity index (χ4n) is 1.17. The van der Waals surface area contributed by atoms with E-state index in [4.69, 9.17) is 5.73 Å². The standard InChI is InChI=1S/C11H20N4OS.2ClH/c1-8(15(2)3)6-13-11(16)9-7-17-10(14-9)4-5-12;;/h7-8H,4-6,12H2,1-3H3,(H,13,16);2*1H. The second-order valence-electron chi connectivity index (χ2n) is 4.19. The van der Waals surface area contributed by atoms with Gasteiger partial charge in [-0.3, -0.25) is 4.79 Å². The molecule has 0 saturated carbocycles. The third-order valence-electron chi connectivity index (χ3n) is 2.58. The predicted octanol–water partition coefficient (Wildman–Crippen LogP) is 1.17. The van der Waals surface area contributed by atoms with E-state index in [-0.39, 0.29) is 30.7 Å². The number of rotatable bonds is 6. The van der Waals surface area contributed by atoms with E-state index in [0.29, 0.717) is 24.8 Å². The Labute approximate surface area is 130 Å². The van der Waals surface area contributed by atoms with Crippen molar-refractivity contribution in [1.82, 2.24) is 15.2 Å². The second kappa shape index (κ2) is 10.4. The van der Waals surface area contributed by atoms with Crippen LogP contribution in [0.4, 0.5) is 0 Å². The van der Waals surface area contributed by atoms with Crippen molar-refractivity contribution in [2.45, 2.75) is 19.4 Å². The molecule has 0 fully saturated rings. The monoisotopic (exact) mass is 328 g/mol. The van der Waals surface area contributed by atoms with Crippen LogP contribution in [0.1, 0.15) is 22.4 Å². The van der Waals surface area contributed by atoms with Gasteiger partial charge < -0.3 is 16.0 Å². The summed E-state index contributed by atoms with van der Waals surface area (Å²) in [5.41, 5.74) is 5.93. The van der Waals surface area contributed by atoms with Crippen molar-refractivity contribution in [3.63, 3.8) is 0 Å². The largest absolute Gasteiger partial charge is 0.349 e. The predicted molar refractivity (Wildman–Crippen MR) is 84.9 cm³/mol. The van der Waals surface area contributed by atoms with Crippen LogP contribution in [0.15, 0.2) is 5.38 Å². The summed E-state index contributed by atoms with van der Waals surface area (Å²) in [5.74, 6) is -0.113. The molecule has 1 heterocycles. The molecule has 1 atom stereocenters. The van der Waals surface area contributed by atoms with Crippen molar-refractivity contribution in [3.8, 4) is 0 Å². The summed E-state index contributed by atoms with van der Waals surface area (Å²) in [6.07, 6.45) is 0.728. The molecule has 1 aromatic heterocycles. The Morgan fingerprint density at radius 2 is 2.16 bits per heavy atom. The number of likely N-dealkylation sites (N-methyl/N-ethyl adjacent to an activating group) is 1. The third kappa shape index (κ3) is 7.08. The van der Waals surface area contributed by atoms with Gasteiger partial charge >= 0.3 is 0 Å². The van der Waals surface area contributed by atoms with Crippen LogP contribution in [0.5, 0.6) is 0 Å². The van der Waals surface area contributed by atoms with E-state index in [1.807, 2.05) is 14.1 Å². The lowest BCUT2D eigenvalue weighted by Gasteiger charge is -2.19. The molecule has 0 aromatic carbocycles. The number of carbonyl (C=O) groups is 1. The highest BCUT2D eigenvalue weighted by atomic mass is 35.5. The molecule has 0 aliphatic heterocycles. The van der Waals surface area contributed by atoms with Gasteiger partial charge in [0.1, 0.15) is 5.69 Å². The van der Waals surface area contributed by atoms with Crippen LogP contribution in [0, 0.1) is 0 Å². The lowest BCUT2D eigenvalue weighted by molar-refractivity contribution is 0.0939. The number of hydrogen-bond donors (Lipinski definition) is 2. The Hall–Kier alpha value is -0.400. The summed E-state index contributed by atoms with van der Waals surface area (Å²) < 4.78 is 0. The molecule has 8 heteroatoms. The maximum atomic E-state index is 11.8. The van der Waals surface area contributed by atoms with Gasteiger partial charge in [0, 0.05) is 24.4 Å². The zero-order valence-electron chi connectivity index (χ0n) is 11.4. The highest BCUT2D eigenvalue weighted by Crippen LogP contribution is 2.09. The van der Waals surface area contributed by atoms with Crippen molar-refractivity contribution < 1.29 is 4.79 Å². The third-order valence-corrected chi connectivity index (χ3v) is 3.49. The number of nitrogens with two attached hydrogens (primary N) is 1. The number of hydrogen-bond acceptors (Lipinski definition) is 5. The number of nitrogens with one attached hydrogen (secondary N) is 1. The van der Waals surface area contributed by atoms with Gasteiger partial charge in [0.25, 0.3) is 5.91 Å². The van der Waals surface area contributed by atoms with Gasteiger partial charge in [0.15, 0.2) is 0 Å². The summed E-state index contributed by atoms with van der Waals surface area (Å²) in [6.45, 7) is 3.24. The first-order valence-corrected chi connectivity index (χ1v) is 6.51. The SMILES string of the molecule is CC(CNC(=O)c1csc(CCN)n1)N(C)C.Cl.Cl. The molecule has 1 amide bonds. The maximum absolute atomic E-state index is 11.8. The van der Waals surface area contributed by atoms with E-state index in [9.17, 15) is 4.79 Å². The quantitative estimate of drug-likeness (QED) is 0.822. The van der Waals surface area contributed by atoms with E-state index in [1.54, 1.807) is 5.38 Å². The minimum atomic E-state index is -0.113. The molecular formula is C11H22Cl2N4OS. The first-order chi connectivity index (χ1) is 8.04. The van der Waals surface area contributed by atoms with Crippen LogP contribution in [0.3, 0.4) is 0 Å². The molecule has 0 saturated heterocycles. The minimum Gasteiger partial charge on any atom is -0.349 e. The normalized spacial score (nSPS) is 11.4. The Morgan fingerprint density at radius 1 is 1.53 bits per heavy atom. The number of amides is 1. The molecule has 112 valence electrons. The molecule has 3 N–H and O–H groups in total. The first kappa shape index (κ1) is 20.9. The van der Waals surface area contributed by atoms with E-state index in [0.717, 1.165) is 11.4 Å². The zero-order valence-corrected chi connectivity index (χ0v) is 13.8. The number of carbonyl (C=O) groups excluding carboxylic acids is 1. The zero-order chi connectivity index (χ0) is 12.8. The van der Waals surface area contributed by atoms with Gasteiger partial charge in [-0.05, 0) is 27.6 Å². The van der Waals surface area contributed by atoms with Gasteiger partial charge in [0.2, 0.25) is 0 Å². The molecule has 5 nitrogen and oxygen atoms in total. The molecule has 0 aliphatic carbocycles. The average molecular weight is 329 g/mol. The van der Waals surface area contributed by atoms with Gasteiger partial charge in [-0.2, -0.15) is 0 Å². The Balaban J connectivity index is 0.